The molecule has 2 aromatic rings. The van der Waals surface area contributed by atoms with Gasteiger partial charge >= 0.3 is 6.18 Å². The number of morpholine rings is 1. The number of nitrogens with zero attached hydrogens (tertiary/aromatic N) is 2. The van der Waals surface area contributed by atoms with Crippen molar-refractivity contribution in [3.05, 3.63) is 53.1 Å². The maximum atomic E-state index is 13.0. The summed E-state index contributed by atoms with van der Waals surface area (Å²) in [5, 5.41) is 4.70. The van der Waals surface area contributed by atoms with Crippen molar-refractivity contribution in [1.29, 1.82) is 0 Å². The van der Waals surface area contributed by atoms with Crippen LogP contribution in [0.15, 0.2) is 42.5 Å². The second kappa shape index (κ2) is 10.9. The second-order valence-corrected chi connectivity index (χ2v) is 8.01. The monoisotopic (exact) mass is 484 g/mol. The lowest BCUT2D eigenvalue weighted by Gasteiger charge is -2.28. The van der Waals surface area contributed by atoms with Crippen LogP contribution in [0.25, 0.3) is 0 Å². The molecule has 0 radical (unpaired) electrons. The lowest BCUT2D eigenvalue weighted by Crippen LogP contribution is -2.36. The topological polar surface area (TPSA) is 73.9 Å². The summed E-state index contributed by atoms with van der Waals surface area (Å²) in [5.41, 5.74) is 0.598. The van der Waals surface area contributed by atoms with E-state index in [1.165, 1.54) is 11.0 Å². The van der Waals surface area contributed by atoms with Crippen molar-refractivity contribution in [3.8, 4) is 0 Å². The zero-order valence-corrected chi connectivity index (χ0v) is 18.7. The molecule has 0 aliphatic carbocycles. The molecule has 0 atom stereocenters. The Kier molecular flexibility index (Phi) is 8.17. The van der Waals surface area contributed by atoms with E-state index in [0.29, 0.717) is 18.9 Å². The van der Waals surface area contributed by atoms with Crippen LogP contribution in [0.1, 0.15) is 5.56 Å². The van der Waals surface area contributed by atoms with Crippen LogP contribution in [0.2, 0.25) is 5.02 Å². The van der Waals surface area contributed by atoms with Gasteiger partial charge in [-0.05, 0) is 49.5 Å². The van der Waals surface area contributed by atoms with Gasteiger partial charge in [0.05, 0.1) is 36.9 Å². The fourth-order valence-electron chi connectivity index (χ4n) is 3.34. The van der Waals surface area contributed by atoms with Crippen molar-refractivity contribution >= 4 is 40.5 Å². The summed E-state index contributed by atoms with van der Waals surface area (Å²) < 4.78 is 44.2. The van der Waals surface area contributed by atoms with Crippen LogP contribution in [-0.2, 0) is 20.5 Å². The number of rotatable bonds is 7. The Morgan fingerprint density at radius 2 is 1.55 bits per heavy atom. The van der Waals surface area contributed by atoms with Crippen LogP contribution in [0.3, 0.4) is 0 Å². The van der Waals surface area contributed by atoms with Crippen molar-refractivity contribution in [2.45, 2.75) is 6.18 Å². The molecule has 1 aliphatic rings. The van der Waals surface area contributed by atoms with Gasteiger partial charge in [-0.2, -0.15) is 13.2 Å². The molecule has 0 unspecified atom stereocenters. The number of carbonyl (C=O) groups is 2. The van der Waals surface area contributed by atoms with E-state index in [9.17, 15) is 22.8 Å². The minimum absolute atomic E-state index is 0.0325. The van der Waals surface area contributed by atoms with Crippen LogP contribution in [0.5, 0.6) is 0 Å². The minimum atomic E-state index is -4.63. The van der Waals surface area contributed by atoms with Gasteiger partial charge in [0, 0.05) is 30.2 Å². The molecule has 1 fully saturated rings. The molecule has 0 saturated carbocycles. The Hall–Kier alpha value is -2.82. The van der Waals surface area contributed by atoms with Crippen molar-refractivity contribution in [2.24, 2.45) is 0 Å². The number of hydrogen-bond acceptors (Lipinski definition) is 5. The van der Waals surface area contributed by atoms with Gasteiger partial charge in [0.15, 0.2) is 0 Å². The fraction of sp³-hybridized carbons (Fsp3) is 0.364. The third-order valence-electron chi connectivity index (χ3n) is 4.91. The molecular formula is C22H24ClF3N4O3. The van der Waals surface area contributed by atoms with Crippen LogP contribution in [-0.4, -0.2) is 63.2 Å². The molecule has 0 spiro atoms. The normalized spacial score (nSPS) is 14.3. The predicted molar refractivity (Wildman–Crippen MR) is 121 cm³/mol. The van der Waals surface area contributed by atoms with E-state index in [1.54, 1.807) is 19.2 Å². The molecule has 178 valence electrons. The Morgan fingerprint density at radius 3 is 2.12 bits per heavy atom. The SMILES string of the molecule is CN(CC(=O)Nc1ccc(N2CCOCC2)cc1)CC(=O)Nc1ccc(Cl)c(C(F)(F)F)c1. The first kappa shape index (κ1) is 24.8. The zero-order valence-electron chi connectivity index (χ0n) is 17.9. The van der Waals surface area contributed by atoms with E-state index in [1.807, 2.05) is 12.1 Å². The highest BCUT2D eigenvalue weighted by Crippen LogP contribution is 2.36. The number of nitrogens with one attached hydrogen (secondary N) is 2. The Morgan fingerprint density at radius 1 is 1.00 bits per heavy atom. The number of halogens is 4. The Labute approximate surface area is 194 Å². The van der Waals surface area contributed by atoms with Crippen LogP contribution >= 0.6 is 11.6 Å². The molecule has 1 saturated heterocycles. The minimum Gasteiger partial charge on any atom is -0.378 e. The maximum absolute atomic E-state index is 13.0. The number of likely N-dealkylation sites (N-methyl/N-ethyl adjacent to an activating group) is 1. The van der Waals surface area contributed by atoms with Crippen LogP contribution in [0.4, 0.5) is 30.2 Å². The zero-order chi connectivity index (χ0) is 24.0. The van der Waals surface area contributed by atoms with Gasteiger partial charge in [0.1, 0.15) is 0 Å². The van der Waals surface area contributed by atoms with Gasteiger partial charge in [0.2, 0.25) is 11.8 Å². The van der Waals surface area contributed by atoms with E-state index < -0.39 is 22.7 Å². The molecule has 11 heteroatoms. The molecular weight excluding hydrogens is 461 g/mol. The molecule has 7 nitrogen and oxygen atoms in total. The average molecular weight is 485 g/mol. The molecule has 0 aromatic heterocycles. The van der Waals surface area contributed by atoms with Crippen molar-refractivity contribution < 1.29 is 27.5 Å². The largest absolute Gasteiger partial charge is 0.417 e. The Balaban J connectivity index is 1.47. The molecule has 1 heterocycles. The number of alkyl halides is 3. The lowest BCUT2D eigenvalue weighted by molar-refractivity contribution is -0.137. The quantitative estimate of drug-likeness (QED) is 0.627. The van der Waals surface area contributed by atoms with Gasteiger partial charge < -0.3 is 20.3 Å². The van der Waals surface area contributed by atoms with Crippen molar-refractivity contribution in [2.75, 3.05) is 62.0 Å². The summed E-state index contributed by atoms with van der Waals surface area (Å²) in [5.74, 6) is -0.883. The lowest BCUT2D eigenvalue weighted by atomic mass is 10.2. The van der Waals surface area contributed by atoms with Gasteiger partial charge in [-0.25, -0.2) is 0 Å². The molecule has 3 rings (SSSR count). The molecule has 1 aliphatic heterocycles. The van der Waals surface area contributed by atoms with Gasteiger partial charge in [-0.3, -0.25) is 14.5 Å². The van der Waals surface area contributed by atoms with Gasteiger partial charge in [-0.1, -0.05) is 11.6 Å². The number of amides is 2. The third kappa shape index (κ3) is 7.34. The fourth-order valence-corrected chi connectivity index (χ4v) is 3.57. The van der Waals surface area contributed by atoms with Gasteiger partial charge in [0.25, 0.3) is 0 Å². The maximum Gasteiger partial charge on any atom is 0.417 e. The van der Waals surface area contributed by atoms with Gasteiger partial charge in [-0.15, -0.1) is 0 Å². The average Bonchev–Trinajstić information content (AvgIpc) is 2.75. The first-order valence-corrected chi connectivity index (χ1v) is 10.6. The first-order chi connectivity index (χ1) is 15.6. The highest BCUT2D eigenvalue weighted by Gasteiger charge is 2.33. The molecule has 2 N–H and O–H groups in total. The number of benzene rings is 2. The summed E-state index contributed by atoms with van der Waals surface area (Å²) in [4.78, 5) is 28.1. The van der Waals surface area contributed by atoms with E-state index in [2.05, 4.69) is 15.5 Å². The van der Waals surface area contributed by atoms with E-state index in [0.717, 1.165) is 30.9 Å². The third-order valence-corrected chi connectivity index (χ3v) is 5.24. The molecule has 2 aromatic carbocycles. The number of anilines is 3. The Bertz CT molecular complexity index is 980. The molecule has 0 bridgehead atoms. The predicted octanol–water partition coefficient (Wildman–Crippen LogP) is 3.70. The standard InChI is InChI=1S/C22H24ClF3N4O3/c1-29(14-21(32)28-16-4-7-19(23)18(12-16)22(24,25)26)13-20(31)27-15-2-5-17(6-3-15)30-8-10-33-11-9-30/h2-7,12H,8-11,13-14H2,1H3,(H,27,31)(H,28,32). The van der Waals surface area contributed by atoms with Crippen molar-refractivity contribution in [1.82, 2.24) is 4.90 Å². The smallest absolute Gasteiger partial charge is 0.378 e. The summed E-state index contributed by atoms with van der Waals surface area (Å²) in [6.07, 6.45) is -4.63. The van der Waals surface area contributed by atoms with Crippen molar-refractivity contribution in [3.63, 3.8) is 0 Å². The van der Waals surface area contributed by atoms with Crippen LogP contribution in [0, 0.1) is 0 Å². The second-order valence-electron chi connectivity index (χ2n) is 7.61. The first-order valence-electron chi connectivity index (χ1n) is 10.2. The summed E-state index contributed by atoms with van der Waals surface area (Å²) >= 11 is 5.58. The van der Waals surface area contributed by atoms with E-state index in [-0.39, 0.29) is 24.7 Å². The number of ether oxygens (including phenoxy) is 1. The number of carbonyl (C=O) groups excluding carboxylic acids is 2. The molecule has 2 amide bonds. The summed E-state index contributed by atoms with van der Waals surface area (Å²) in [7, 11) is 1.56. The molecule has 33 heavy (non-hydrogen) atoms. The highest BCUT2D eigenvalue weighted by molar-refractivity contribution is 6.31. The van der Waals surface area contributed by atoms with Crippen LogP contribution < -0.4 is 15.5 Å². The highest BCUT2D eigenvalue weighted by atomic mass is 35.5. The number of hydrogen-bond donors (Lipinski definition) is 2. The summed E-state index contributed by atoms with van der Waals surface area (Å²) in [6.45, 7) is 2.72. The summed E-state index contributed by atoms with van der Waals surface area (Å²) in [6, 6.07) is 10.6. The van der Waals surface area contributed by atoms with E-state index in [4.69, 9.17) is 16.3 Å². The van der Waals surface area contributed by atoms with E-state index >= 15 is 0 Å².